The number of aryl methyl sites for hydroxylation is 1. The lowest BCUT2D eigenvalue weighted by molar-refractivity contribution is -0.127. The number of rotatable bonds is 5. The Bertz CT molecular complexity index is 600. The maximum atomic E-state index is 13.4. The lowest BCUT2D eigenvalue weighted by Gasteiger charge is -2.14. The molecule has 0 unspecified atom stereocenters. The zero-order valence-corrected chi connectivity index (χ0v) is 11.1. The van der Waals surface area contributed by atoms with E-state index in [2.05, 4.69) is 20.3 Å². The second-order valence-electron chi connectivity index (χ2n) is 4.20. The van der Waals surface area contributed by atoms with Crippen molar-refractivity contribution in [2.45, 2.75) is 26.5 Å². The lowest BCUT2D eigenvalue weighted by Crippen LogP contribution is -2.36. The van der Waals surface area contributed by atoms with E-state index in [1.165, 1.54) is 19.1 Å². The summed E-state index contributed by atoms with van der Waals surface area (Å²) in [6, 6.07) is 5.91. The van der Waals surface area contributed by atoms with Gasteiger partial charge in [0.25, 0.3) is 5.91 Å². The zero-order chi connectivity index (χ0) is 14.5. The molecule has 1 aromatic carbocycles. The molecule has 1 N–H and O–H groups in total. The molecule has 7 heteroatoms. The Balaban J connectivity index is 1.89. The Morgan fingerprint density at radius 3 is 2.85 bits per heavy atom. The van der Waals surface area contributed by atoms with Gasteiger partial charge in [0.05, 0.1) is 6.54 Å². The number of nitrogens with zero attached hydrogens (tertiary/aromatic N) is 2. The molecule has 6 nitrogen and oxygen atoms in total. The van der Waals surface area contributed by atoms with E-state index in [0.29, 0.717) is 11.4 Å². The SMILES string of the molecule is Cc1nonc1CNC(=O)[C@@H](C)Oc1ccccc1F. The van der Waals surface area contributed by atoms with Crippen LogP contribution in [-0.4, -0.2) is 22.3 Å². The summed E-state index contributed by atoms with van der Waals surface area (Å²) < 4.78 is 23.2. The summed E-state index contributed by atoms with van der Waals surface area (Å²) in [5.74, 6) is -0.853. The van der Waals surface area contributed by atoms with Crippen molar-refractivity contribution in [1.29, 1.82) is 0 Å². The number of para-hydroxylation sites is 1. The monoisotopic (exact) mass is 279 g/mol. The fraction of sp³-hybridized carbons (Fsp3) is 0.308. The van der Waals surface area contributed by atoms with Crippen molar-refractivity contribution in [3.8, 4) is 5.75 Å². The number of aromatic nitrogens is 2. The molecule has 0 aliphatic heterocycles. The quantitative estimate of drug-likeness (QED) is 0.899. The molecule has 20 heavy (non-hydrogen) atoms. The molecule has 1 aromatic heterocycles. The van der Waals surface area contributed by atoms with Crippen molar-refractivity contribution in [2.24, 2.45) is 0 Å². The average Bonchev–Trinajstić information content (AvgIpc) is 2.84. The Labute approximate surface area is 114 Å². The molecule has 0 spiro atoms. The number of ether oxygens (including phenoxy) is 1. The van der Waals surface area contributed by atoms with Crippen LogP contribution < -0.4 is 10.1 Å². The second-order valence-corrected chi connectivity index (χ2v) is 4.20. The molecular weight excluding hydrogens is 265 g/mol. The minimum absolute atomic E-state index is 0.0365. The standard InChI is InChI=1S/C13H14FN3O3/c1-8-11(17-20-16-8)7-15-13(18)9(2)19-12-6-4-3-5-10(12)14/h3-6,9H,7H2,1-2H3,(H,15,18)/t9-/m1/s1. The molecule has 0 aliphatic carbocycles. The predicted molar refractivity (Wildman–Crippen MR) is 67.4 cm³/mol. The van der Waals surface area contributed by atoms with Gasteiger partial charge in [-0.2, -0.15) is 0 Å². The maximum Gasteiger partial charge on any atom is 0.261 e. The third-order valence-electron chi connectivity index (χ3n) is 2.69. The average molecular weight is 279 g/mol. The van der Waals surface area contributed by atoms with Gasteiger partial charge in [-0.05, 0) is 26.0 Å². The van der Waals surface area contributed by atoms with Gasteiger partial charge in [-0.1, -0.05) is 22.4 Å². The number of carbonyl (C=O) groups excluding carboxylic acids is 1. The normalized spacial score (nSPS) is 11.9. The molecule has 0 saturated carbocycles. The summed E-state index contributed by atoms with van der Waals surface area (Å²) in [6.45, 7) is 3.44. The molecule has 0 saturated heterocycles. The molecular formula is C13H14FN3O3. The van der Waals surface area contributed by atoms with Crippen molar-refractivity contribution in [2.75, 3.05) is 0 Å². The Morgan fingerprint density at radius 2 is 2.20 bits per heavy atom. The van der Waals surface area contributed by atoms with Gasteiger partial charge < -0.3 is 10.1 Å². The fourth-order valence-electron chi connectivity index (χ4n) is 1.51. The van der Waals surface area contributed by atoms with E-state index < -0.39 is 11.9 Å². The minimum atomic E-state index is -0.827. The molecule has 1 heterocycles. The smallest absolute Gasteiger partial charge is 0.261 e. The van der Waals surface area contributed by atoms with Crippen LogP contribution in [-0.2, 0) is 11.3 Å². The van der Waals surface area contributed by atoms with E-state index in [9.17, 15) is 9.18 Å². The first-order valence-corrected chi connectivity index (χ1v) is 6.05. The number of nitrogens with one attached hydrogen (secondary N) is 1. The van der Waals surface area contributed by atoms with E-state index in [1.54, 1.807) is 19.1 Å². The lowest BCUT2D eigenvalue weighted by atomic mass is 10.3. The van der Waals surface area contributed by atoms with E-state index >= 15 is 0 Å². The second kappa shape index (κ2) is 6.14. The van der Waals surface area contributed by atoms with Crippen LogP contribution in [0.2, 0.25) is 0 Å². The summed E-state index contributed by atoms with van der Waals surface area (Å²) in [4.78, 5) is 11.8. The van der Waals surface area contributed by atoms with Gasteiger partial charge >= 0.3 is 0 Å². The highest BCUT2D eigenvalue weighted by Gasteiger charge is 2.17. The summed E-state index contributed by atoms with van der Waals surface area (Å²) in [7, 11) is 0. The van der Waals surface area contributed by atoms with Gasteiger partial charge in [0.15, 0.2) is 17.7 Å². The summed E-state index contributed by atoms with van der Waals surface area (Å²) in [6.07, 6.45) is -0.827. The Kier molecular flexibility index (Phi) is 4.29. The molecule has 106 valence electrons. The van der Waals surface area contributed by atoms with Crippen LogP contribution in [0.3, 0.4) is 0 Å². The highest BCUT2D eigenvalue weighted by molar-refractivity contribution is 5.80. The number of benzene rings is 1. The van der Waals surface area contributed by atoms with Gasteiger partial charge in [-0.3, -0.25) is 4.79 Å². The molecule has 0 bridgehead atoms. The van der Waals surface area contributed by atoms with Gasteiger partial charge in [0.1, 0.15) is 11.4 Å². The van der Waals surface area contributed by atoms with Crippen LogP contribution in [0.15, 0.2) is 28.9 Å². The van der Waals surface area contributed by atoms with Crippen LogP contribution in [0.1, 0.15) is 18.3 Å². The van der Waals surface area contributed by atoms with Crippen LogP contribution >= 0.6 is 0 Å². The zero-order valence-electron chi connectivity index (χ0n) is 11.1. The van der Waals surface area contributed by atoms with Gasteiger partial charge in [0, 0.05) is 0 Å². The molecule has 2 aromatic rings. The predicted octanol–water partition coefficient (Wildman–Crippen LogP) is 1.60. The summed E-state index contributed by atoms with van der Waals surface area (Å²) in [5, 5.41) is 9.86. The van der Waals surface area contributed by atoms with Gasteiger partial charge in [-0.25, -0.2) is 9.02 Å². The van der Waals surface area contributed by atoms with E-state index in [1.807, 2.05) is 0 Å². The van der Waals surface area contributed by atoms with Crippen LogP contribution in [0.25, 0.3) is 0 Å². The first-order chi connectivity index (χ1) is 9.58. The van der Waals surface area contributed by atoms with E-state index in [0.717, 1.165) is 0 Å². The summed E-state index contributed by atoms with van der Waals surface area (Å²) >= 11 is 0. The van der Waals surface area contributed by atoms with Crippen LogP contribution in [0, 0.1) is 12.7 Å². The van der Waals surface area contributed by atoms with Crippen molar-refractivity contribution >= 4 is 5.91 Å². The number of amides is 1. The fourth-order valence-corrected chi connectivity index (χ4v) is 1.51. The first-order valence-electron chi connectivity index (χ1n) is 6.05. The number of carbonyl (C=O) groups is 1. The molecule has 1 atom stereocenters. The maximum absolute atomic E-state index is 13.4. The summed E-state index contributed by atoms with van der Waals surface area (Å²) in [5.41, 5.74) is 1.14. The number of halogens is 1. The Morgan fingerprint density at radius 1 is 1.45 bits per heavy atom. The van der Waals surface area contributed by atoms with Crippen molar-refractivity contribution in [3.05, 3.63) is 41.5 Å². The number of hydrogen-bond acceptors (Lipinski definition) is 5. The minimum Gasteiger partial charge on any atom is -0.478 e. The topological polar surface area (TPSA) is 77.3 Å². The van der Waals surface area contributed by atoms with Crippen molar-refractivity contribution in [3.63, 3.8) is 0 Å². The van der Waals surface area contributed by atoms with Gasteiger partial charge in [0.2, 0.25) is 0 Å². The molecule has 0 radical (unpaired) electrons. The molecule has 0 fully saturated rings. The number of hydrogen-bond donors (Lipinski definition) is 1. The first kappa shape index (κ1) is 14.0. The van der Waals surface area contributed by atoms with Crippen LogP contribution in [0.4, 0.5) is 4.39 Å². The Hall–Kier alpha value is -2.44. The molecule has 2 rings (SSSR count). The third kappa shape index (κ3) is 3.31. The molecule has 1 amide bonds. The highest BCUT2D eigenvalue weighted by Crippen LogP contribution is 2.17. The highest BCUT2D eigenvalue weighted by atomic mass is 19.1. The van der Waals surface area contributed by atoms with Gasteiger partial charge in [-0.15, -0.1) is 0 Å². The van der Waals surface area contributed by atoms with Crippen molar-refractivity contribution < 1.29 is 18.6 Å². The third-order valence-corrected chi connectivity index (χ3v) is 2.69. The van der Waals surface area contributed by atoms with E-state index in [4.69, 9.17) is 4.74 Å². The molecule has 0 aliphatic rings. The van der Waals surface area contributed by atoms with Crippen molar-refractivity contribution in [1.82, 2.24) is 15.6 Å². The van der Waals surface area contributed by atoms with E-state index in [-0.39, 0.29) is 18.2 Å². The van der Waals surface area contributed by atoms with Crippen LogP contribution in [0.5, 0.6) is 5.75 Å². The largest absolute Gasteiger partial charge is 0.478 e.